The molecular weight excluding hydrogens is 287 g/mol. The van der Waals surface area contributed by atoms with Gasteiger partial charge in [-0.05, 0) is 42.8 Å². The van der Waals surface area contributed by atoms with Gasteiger partial charge in [0.25, 0.3) is 0 Å². The summed E-state index contributed by atoms with van der Waals surface area (Å²) in [6.07, 6.45) is 0. The summed E-state index contributed by atoms with van der Waals surface area (Å²) >= 11 is 1.54. The maximum Gasteiger partial charge on any atom is 0.234 e. The van der Waals surface area contributed by atoms with Gasteiger partial charge in [0.05, 0.1) is 11.4 Å². The van der Waals surface area contributed by atoms with Gasteiger partial charge in [-0.1, -0.05) is 12.1 Å². The van der Waals surface area contributed by atoms with E-state index in [2.05, 4.69) is 10.6 Å². The van der Waals surface area contributed by atoms with Gasteiger partial charge in [0.2, 0.25) is 5.91 Å². The monoisotopic (exact) mass is 302 g/mol. The summed E-state index contributed by atoms with van der Waals surface area (Å²) in [5, 5.41) is 6.23. The Morgan fingerprint density at radius 2 is 2.00 bits per heavy atom. The first-order valence-electron chi connectivity index (χ1n) is 6.70. The molecule has 1 heterocycles. The van der Waals surface area contributed by atoms with E-state index >= 15 is 0 Å². The maximum atomic E-state index is 12.9. The standard InChI is InChI=1S/C16H15FN2OS/c1-10(11-2-4-12(17)5-3-11)18-13-6-7-15-14(8-13)19-16(20)9-21-15/h2-8,10,18H,9H2,1H3,(H,19,20). The smallest absolute Gasteiger partial charge is 0.234 e. The van der Waals surface area contributed by atoms with E-state index in [0.717, 1.165) is 21.8 Å². The quantitative estimate of drug-likeness (QED) is 0.899. The zero-order valence-electron chi connectivity index (χ0n) is 11.5. The molecule has 108 valence electrons. The van der Waals surface area contributed by atoms with Crippen LogP contribution in [0.4, 0.5) is 15.8 Å². The van der Waals surface area contributed by atoms with E-state index in [0.29, 0.717) is 5.75 Å². The highest BCUT2D eigenvalue weighted by molar-refractivity contribution is 8.00. The molecular formula is C16H15FN2OS. The lowest BCUT2D eigenvalue weighted by atomic mass is 10.1. The van der Waals surface area contributed by atoms with Crippen LogP contribution in [0.3, 0.4) is 0 Å². The number of hydrogen-bond acceptors (Lipinski definition) is 3. The van der Waals surface area contributed by atoms with E-state index in [-0.39, 0.29) is 17.8 Å². The summed E-state index contributed by atoms with van der Waals surface area (Å²) in [6.45, 7) is 2.01. The average Bonchev–Trinajstić information content (AvgIpc) is 2.47. The number of halogens is 1. The van der Waals surface area contributed by atoms with Gasteiger partial charge in [-0.25, -0.2) is 4.39 Å². The van der Waals surface area contributed by atoms with Gasteiger partial charge in [0.15, 0.2) is 0 Å². The Bertz CT molecular complexity index is 672. The first kappa shape index (κ1) is 13.9. The molecule has 0 saturated heterocycles. The molecule has 0 spiro atoms. The molecule has 2 N–H and O–H groups in total. The number of hydrogen-bond donors (Lipinski definition) is 2. The van der Waals surface area contributed by atoms with Crippen LogP contribution in [0.2, 0.25) is 0 Å². The van der Waals surface area contributed by atoms with E-state index in [1.54, 1.807) is 23.9 Å². The van der Waals surface area contributed by atoms with Crippen LogP contribution in [0.5, 0.6) is 0 Å². The molecule has 1 amide bonds. The van der Waals surface area contributed by atoms with Crippen molar-refractivity contribution in [3.8, 4) is 0 Å². The number of anilines is 2. The number of thioether (sulfide) groups is 1. The molecule has 1 aliphatic rings. The van der Waals surface area contributed by atoms with Crippen LogP contribution in [-0.2, 0) is 4.79 Å². The van der Waals surface area contributed by atoms with Crippen molar-refractivity contribution < 1.29 is 9.18 Å². The summed E-state index contributed by atoms with van der Waals surface area (Å²) < 4.78 is 12.9. The van der Waals surface area contributed by atoms with E-state index in [1.165, 1.54) is 12.1 Å². The Morgan fingerprint density at radius 1 is 1.24 bits per heavy atom. The topological polar surface area (TPSA) is 41.1 Å². The second kappa shape index (κ2) is 5.77. The third-order valence-corrected chi connectivity index (χ3v) is 4.44. The summed E-state index contributed by atoms with van der Waals surface area (Å²) in [6, 6.07) is 12.4. The van der Waals surface area contributed by atoms with Crippen molar-refractivity contribution in [1.82, 2.24) is 0 Å². The van der Waals surface area contributed by atoms with Crippen molar-refractivity contribution in [2.24, 2.45) is 0 Å². The van der Waals surface area contributed by atoms with Crippen LogP contribution in [0.1, 0.15) is 18.5 Å². The fraction of sp³-hybridized carbons (Fsp3) is 0.188. The van der Waals surface area contributed by atoms with Crippen molar-refractivity contribution in [3.63, 3.8) is 0 Å². The first-order chi connectivity index (χ1) is 10.1. The molecule has 0 aliphatic carbocycles. The van der Waals surface area contributed by atoms with Gasteiger partial charge >= 0.3 is 0 Å². The number of amides is 1. The van der Waals surface area contributed by atoms with Gasteiger partial charge in [0, 0.05) is 16.6 Å². The highest BCUT2D eigenvalue weighted by atomic mass is 32.2. The van der Waals surface area contributed by atoms with Gasteiger partial charge in [0.1, 0.15) is 5.82 Å². The normalized spacial score (nSPS) is 15.0. The lowest BCUT2D eigenvalue weighted by molar-refractivity contribution is -0.113. The molecule has 0 fully saturated rings. The van der Waals surface area contributed by atoms with Crippen LogP contribution in [0, 0.1) is 5.82 Å². The molecule has 1 aliphatic heterocycles. The molecule has 0 saturated carbocycles. The number of fused-ring (bicyclic) bond motifs is 1. The number of benzene rings is 2. The second-order valence-electron chi connectivity index (χ2n) is 4.97. The Labute approximate surface area is 126 Å². The minimum absolute atomic E-state index is 0.0243. The van der Waals surface area contributed by atoms with Crippen molar-refractivity contribution in [3.05, 3.63) is 53.8 Å². The van der Waals surface area contributed by atoms with E-state index in [9.17, 15) is 9.18 Å². The molecule has 1 unspecified atom stereocenters. The number of nitrogens with one attached hydrogen (secondary N) is 2. The predicted molar refractivity (Wildman–Crippen MR) is 84.2 cm³/mol. The Morgan fingerprint density at radius 3 is 2.76 bits per heavy atom. The first-order valence-corrected chi connectivity index (χ1v) is 7.69. The second-order valence-corrected chi connectivity index (χ2v) is 5.98. The number of carbonyl (C=O) groups is 1. The Balaban J connectivity index is 1.77. The van der Waals surface area contributed by atoms with Gasteiger partial charge in [-0.15, -0.1) is 11.8 Å². The van der Waals surface area contributed by atoms with Crippen LogP contribution in [0.15, 0.2) is 47.4 Å². The highest BCUT2D eigenvalue weighted by Crippen LogP contribution is 2.34. The van der Waals surface area contributed by atoms with Gasteiger partial charge in [-0.2, -0.15) is 0 Å². The lowest BCUT2D eigenvalue weighted by Crippen LogP contribution is -2.18. The van der Waals surface area contributed by atoms with Crippen LogP contribution in [-0.4, -0.2) is 11.7 Å². The summed E-state index contributed by atoms with van der Waals surface area (Å²) in [7, 11) is 0. The van der Waals surface area contributed by atoms with E-state index < -0.39 is 0 Å². The van der Waals surface area contributed by atoms with Gasteiger partial charge < -0.3 is 10.6 Å². The summed E-state index contributed by atoms with van der Waals surface area (Å²) in [5.74, 6) is 0.252. The molecule has 21 heavy (non-hydrogen) atoms. The zero-order chi connectivity index (χ0) is 14.8. The fourth-order valence-corrected chi connectivity index (χ4v) is 3.05. The molecule has 0 aromatic heterocycles. The SMILES string of the molecule is CC(Nc1ccc2c(c1)NC(=O)CS2)c1ccc(F)cc1. The molecule has 1 atom stereocenters. The van der Waals surface area contributed by atoms with Crippen LogP contribution < -0.4 is 10.6 Å². The van der Waals surface area contributed by atoms with Crippen molar-refractivity contribution in [2.45, 2.75) is 17.9 Å². The fourth-order valence-electron chi connectivity index (χ4n) is 2.26. The van der Waals surface area contributed by atoms with Crippen molar-refractivity contribution in [1.29, 1.82) is 0 Å². The Hall–Kier alpha value is -2.01. The largest absolute Gasteiger partial charge is 0.378 e. The lowest BCUT2D eigenvalue weighted by Gasteiger charge is -2.20. The third-order valence-electron chi connectivity index (χ3n) is 3.37. The molecule has 2 aromatic carbocycles. The van der Waals surface area contributed by atoms with E-state index in [1.807, 2.05) is 25.1 Å². The number of rotatable bonds is 3. The predicted octanol–water partition coefficient (Wildman–Crippen LogP) is 4.04. The summed E-state index contributed by atoms with van der Waals surface area (Å²) in [4.78, 5) is 12.5. The van der Waals surface area contributed by atoms with Crippen LogP contribution in [0.25, 0.3) is 0 Å². The summed E-state index contributed by atoms with van der Waals surface area (Å²) in [5.41, 5.74) is 2.77. The van der Waals surface area contributed by atoms with E-state index in [4.69, 9.17) is 0 Å². The zero-order valence-corrected chi connectivity index (χ0v) is 12.3. The minimum Gasteiger partial charge on any atom is -0.378 e. The highest BCUT2D eigenvalue weighted by Gasteiger charge is 2.16. The molecule has 3 nitrogen and oxygen atoms in total. The minimum atomic E-state index is -0.237. The molecule has 0 bridgehead atoms. The molecule has 0 radical (unpaired) electrons. The molecule has 3 rings (SSSR count). The molecule has 5 heteroatoms. The van der Waals surface area contributed by atoms with Crippen LogP contribution >= 0.6 is 11.8 Å². The molecule has 2 aromatic rings. The average molecular weight is 302 g/mol. The van der Waals surface area contributed by atoms with Gasteiger partial charge in [-0.3, -0.25) is 4.79 Å². The number of carbonyl (C=O) groups excluding carboxylic acids is 1. The van der Waals surface area contributed by atoms with Crippen molar-refractivity contribution in [2.75, 3.05) is 16.4 Å². The maximum absolute atomic E-state index is 12.9. The Kier molecular flexibility index (Phi) is 3.84. The van der Waals surface area contributed by atoms with Crippen molar-refractivity contribution >= 4 is 29.0 Å². The third kappa shape index (κ3) is 3.19.